The summed E-state index contributed by atoms with van der Waals surface area (Å²) in [4.78, 5) is 0. The van der Waals surface area contributed by atoms with Crippen LogP contribution in [0.4, 0.5) is 14.5 Å². The van der Waals surface area contributed by atoms with Gasteiger partial charge >= 0.3 is 10.2 Å². The molecule has 1 aromatic rings. The van der Waals surface area contributed by atoms with E-state index < -0.39 is 21.8 Å². The summed E-state index contributed by atoms with van der Waals surface area (Å²) in [6.07, 6.45) is 1.69. The summed E-state index contributed by atoms with van der Waals surface area (Å²) in [6, 6.07) is 3.40. The standard InChI is InChI=1S/C13H19F2N3O2S/c1-16-8-10-4-3-7-18(9-10)21(19,20)17-12-6-2-5-11(14)13(12)15/h2,5-6,10,16-17H,3-4,7-9H2,1H3. The maximum Gasteiger partial charge on any atom is 0.301 e. The fraction of sp³-hybridized carbons (Fsp3) is 0.538. The zero-order valence-electron chi connectivity index (χ0n) is 11.8. The van der Waals surface area contributed by atoms with E-state index in [1.165, 1.54) is 16.4 Å². The van der Waals surface area contributed by atoms with Gasteiger partial charge in [0.15, 0.2) is 11.6 Å². The summed E-state index contributed by atoms with van der Waals surface area (Å²) in [6.45, 7) is 1.47. The normalized spacial score (nSPS) is 20.4. The molecule has 1 aliphatic rings. The zero-order chi connectivity index (χ0) is 15.5. The van der Waals surface area contributed by atoms with Crippen molar-refractivity contribution in [2.45, 2.75) is 12.8 Å². The molecule has 0 aromatic heterocycles. The second kappa shape index (κ2) is 6.67. The van der Waals surface area contributed by atoms with Gasteiger partial charge in [0.2, 0.25) is 0 Å². The van der Waals surface area contributed by atoms with Gasteiger partial charge in [-0.25, -0.2) is 8.78 Å². The van der Waals surface area contributed by atoms with Crippen LogP contribution in [0.2, 0.25) is 0 Å². The van der Waals surface area contributed by atoms with Crippen LogP contribution in [0.3, 0.4) is 0 Å². The molecule has 1 aliphatic heterocycles. The molecule has 8 heteroatoms. The number of benzene rings is 1. The summed E-state index contributed by atoms with van der Waals surface area (Å²) in [5.41, 5.74) is -0.370. The van der Waals surface area contributed by atoms with Gasteiger partial charge in [-0.05, 0) is 44.5 Å². The topological polar surface area (TPSA) is 61.4 Å². The van der Waals surface area contributed by atoms with Crippen LogP contribution in [0.5, 0.6) is 0 Å². The van der Waals surface area contributed by atoms with Crippen LogP contribution >= 0.6 is 0 Å². The van der Waals surface area contributed by atoms with Gasteiger partial charge in [-0.3, -0.25) is 4.72 Å². The fourth-order valence-corrected chi connectivity index (χ4v) is 3.83. The van der Waals surface area contributed by atoms with Gasteiger partial charge in [-0.2, -0.15) is 12.7 Å². The third-order valence-corrected chi connectivity index (χ3v) is 4.99. The van der Waals surface area contributed by atoms with Crippen molar-refractivity contribution >= 4 is 15.9 Å². The maximum absolute atomic E-state index is 13.6. The number of rotatable bonds is 5. The Morgan fingerprint density at radius 1 is 1.38 bits per heavy atom. The maximum atomic E-state index is 13.6. The Kier molecular flexibility index (Phi) is 5.13. The molecule has 1 atom stereocenters. The van der Waals surface area contributed by atoms with E-state index in [4.69, 9.17) is 0 Å². The molecule has 0 aliphatic carbocycles. The number of nitrogens with zero attached hydrogens (tertiary/aromatic N) is 1. The molecule has 2 N–H and O–H groups in total. The van der Waals surface area contributed by atoms with E-state index in [0.717, 1.165) is 25.5 Å². The van der Waals surface area contributed by atoms with Gasteiger partial charge in [0.25, 0.3) is 0 Å². The molecule has 1 aromatic carbocycles. The monoisotopic (exact) mass is 319 g/mol. The van der Waals surface area contributed by atoms with Crippen molar-refractivity contribution in [1.82, 2.24) is 9.62 Å². The molecular formula is C13H19F2N3O2S. The molecule has 0 amide bonds. The summed E-state index contributed by atoms with van der Waals surface area (Å²) >= 11 is 0. The lowest BCUT2D eigenvalue weighted by molar-refractivity contribution is 0.264. The van der Waals surface area contributed by atoms with E-state index in [2.05, 4.69) is 10.0 Å². The quantitative estimate of drug-likeness (QED) is 0.866. The Balaban J connectivity index is 2.12. The van der Waals surface area contributed by atoms with Gasteiger partial charge in [0.1, 0.15) is 0 Å². The Bertz CT molecular complexity index is 593. The molecule has 0 bridgehead atoms. The number of piperidine rings is 1. The summed E-state index contributed by atoms with van der Waals surface area (Å²) < 4.78 is 54.6. The van der Waals surface area contributed by atoms with E-state index >= 15 is 0 Å². The Morgan fingerprint density at radius 3 is 2.86 bits per heavy atom. The molecule has 1 unspecified atom stereocenters. The van der Waals surface area contributed by atoms with Gasteiger partial charge in [0, 0.05) is 13.1 Å². The third kappa shape index (κ3) is 3.90. The van der Waals surface area contributed by atoms with E-state index in [9.17, 15) is 17.2 Å². The predicted octanol–water partition coefficient (Wildman–Crippen LogP) is 1.55. The average Bonchev–Trinajstić information content (AvgIpc) is 2.44. The van der Waals surface area contributed by atoms with E-state index in [1.54, 1.807) is 0 Å². The van der Waals surface area contributed by atoms with Crippen LogP contribution in [0.15, 0.2) is 18.2 Å². The Hall–Kier alpha value is -1.25. The van der Waals surface area contributed by atoms with Crippen LogP contribution in [0.25, 0.3) is 0 Å². The zero-order valence-corrected chi connectivity index (χ0v) is 12.6. The van der Waals surface area contributed by atoms with Crippen molar-refractivity contribution in [2.24, 2.45) is 5.92 Å². The number of hydrogen-bond acceptors (Lipinski definition) is 3. The lowest BCUT2D eigenvalue weighted by atomic mass is 10.00. The summed E-state index contributed by atoms with van der Waals surface area (Å²) in [5.74, 6) is -2.05. The largest absolute Gasteiger partial charge is 0.319 e. The van der Waals surface area contributed by atoms with Gasteiger partial charge < -0.3 is 5.32 Å². The molecule has 5 nitrogen and oxygen atoms in total. The van der Waals surface area contributed by atoms with Crippen molar-refractivity contribution in [3.63, 3.8) is 0 Å². The highest BCUT2D eigenvalue weighted by atomic mass is 32.2. The second-order valence-electron chi connectivity index (χ2n) is 5.13. The molecule has 118 valence electrons. The van der Waals surface area contributed by atoms with Crippen molar-refractivity contribution in [3.05, 3.63) is 29.8 Å². The van der Waals surface area contributed by atoms with Crippen LogP contribution in [0, 0.1) is 17.6 Å². The minimum Gasteiger partial charge on any atom is -0.319 e. The molecular weight excluding hydrogens is 300 g/mol. The lowest BCUT2D eigenvalue weighted by Crippen LogP contribution is -2.44. The number of halogens is 2. The minimum absolute atomic E-state index is 0.220. The number of anilines is 1. The molecule has 2 rings (SSSR count). The Morgan fingerprint density at radius 2 is 2.14 bits per heavy atom. The smallest absolute Gasteiger partial charge is 0.301 e. The van der Waals surface area contributed by atoms with E-state index in [0.29, 0.717) is 13.1 Å². The SMILES string of the molecule is CNCC1CCCN(S(=O)(=O)Nc2cccc(F)c2F)C1. The summed E-state index contributed by atoms with van der Waals surface area (Å²) in [7, 11) is -2.06. The van der Waals surface area contributed by atoms with Crippen LogP contribution in [0.1, 0.15) is 12.8 Å². The molecule has 0 radical (unpaired) electrons. The molecule has 1 fully saturated rings. The highest BCUT2D eigenvalue weighted by Gasteiger charge is 2.29. The molecule has 0 spiro atoms. The van der Waals surface area contributed by atoms with E-state index in [-0.39, 0.29) is 11.6 Å². The first-order chi connectivity index (χ1) is 9.94. The second-order valence-corrected chi connectivity index (χ2v) is 6.80. The number of nitrogens with one attached hydrogen (secondary N) is 2. The van der Waals surface area contributed by atoms with Crippen molar-refractivity contribution < 1.29 is 17.2 Å². The molecule has 1 heterocycles. The van der Waals surface area contributed by atoms with Crippen molar-refractivity contribution in [1.29, 1.82) is 0 Å². The highest BCUT2D eigenvalue weighted by Crippen LogP contribution is 2.22. The molecule has 21 heavy (non-hydrogen) atoms. The van der Waals surface area contributed by atoms with E-state index in [1.807, 2.05) is 7.05 Å². The first-order valence-corrected chi connectivity index (χ1v) is 8.24. The van der Waals surface area contributed by atoms with Crippen molar-refractivity contribution in [2.75, 3.05) is 31.4 Å². The average molecular weight is 319 g/mol. The van der Waals surface area contributed by atoms with Crippen LogP contribution < -0.4 is 10.0 Å². The highest BCUT2D eigenvalue weighted by molar-refractivity contribution is 7.90. The van der Waals surface area contributed by atoms with Crippen LogP contribution in [-0.4, -0.2) is 39.4 Å². The minimum atomic E-state index is -3.88. The predicted molar refractivity (Wildman–Crippen MR) is 77.1 cm³/mol. The number of hydrogen-bond donors (Lipinski definition) is 2. The molecule has 1 saturated heterocycles. The fourth-order valence-electron chi connectivity index (χ4n) is 2.49. The van der Waals surface area contributed by atoms with Crippen molar-refractivity contribution in [3.8, 4) is 0 Å². The van der Waals surface area contributed by atoms with Crippen LogP contribution in [-0.2, 0) is 10.2 Å². The van der Waals surface area contributed by atoms with Gasteiger partial charge in [0.05, 0.1) is 5.69 Å². The Labute approximate surface area is 123 Å². The van der Waals surface area contributed by atoms with Gasteiger partial charge in [-0.1, -0.05) is 6.07 Å². The first kappa shape index (κ1) is 16.1. The van der Waals surface area contributed by atoms with Gasteiger partial charge in [-0.15, -0.1) is 0 Å². The lowest BCUT2D eigenvalue weighted by Gasteiger charge is -2.31. The summed E-state index contributed by atoms with van der Waals surface area (Å²) in [5, 5.41) is 3.02. The first-order valence-electron chi connectivity index (χ1n) is 6.80. The third-order valence-electron chi connectivity index (χ3n) is 3.50. The molecule has 0 saturated carbocycles.